The summed E-state index contributed by atoms with van der Waals surface area (Å²) >= 11 is 9.47. The molecular weight excluding hydrogens is 300 g/mol. The van der Waals surface area contributed by atoms with Gasteiger partial charge >= 0.3 is 0 Å². The number of aromatic nitrogens is 1. The molecule has 1 atom stereocenters. The van der Waals surface area contributed by atoms with Crippen molar-refractivity contribution in [2.45, 2.75) is 13.0 Å². The molecule has 0 saturated heterocycles. The maximum Gasteiger partial charge on any atom is 0.145 e. The minimum Gasteiger partial charge on any atom is -0.362 e. The third-order valence-electron chi connectivity index (χ3n) is 2.48. The van der Waals surface area contributed by atoms with Crippen molar-refractivity contribution in [3.05, 3.63) is 57.7 Å². The highest BCUT2D eigenvalue weighted by Crippen LogP contribution is 2.24. The predicted octanol–water partition coefficient (Wildman–Crippen LogP) is 4.67. The summed E-state index contributed by atoms with van der Waals surface area (Å²) in [6, 6.07) is 12.0. The SMILES string of the molecule is CC(Nc1ncccc1Cl)c1ccc(Br)cc1. The molecule has 2 nitrogen and oxygen atoms in total. The third kappa shape index (κ3) is 3.20. The second kappa shape index (κ2) is 5.52. The zero-order valence-corrected chi connectivity index (χ0v) is 11.7. The fourth-order valence-corrected chi connectivity index (χ4v) is 1.97. The molecule has 1 unspecified atom stereocenters. The van der Waals surface area contributed by atoms with Crippen LogP contribution in [0.2, 0.25) is 5.02 Å². The van der Waals surface area contributed by atoms with Crippen molar-refractivity contribution in [1.29, 1.82) is 0 Å². The quantitative estimate of drug-likeness (QED) is 0.891. The number of halogens is 2. The predicted molar refractivity (Wildman–Crippen MR) is 75.4 cm³/mol. The van der Waals surface area contributed by atoms with Crippen molar-refractivity contribution < 1.29 is 0 Å². The highest BCUT2D eigenvalue weighted by Gasteiger charge is 2.07. The van der Waals surface area contributed by atoms with E-state index in [0.29, 0.717) is 10.8 Å². The number of pyridine rings is 1. The summed E-state index contributed by atoms with van der Waals surface area (Å²) < 4.78 is 1.07. The Hall–Kier alpha value is -1.06. The molecule has 0 radical (unpaired) electrons. The van der Waals surface area contributed by atoms with Crippen LogP contribution in [0.5, 0.6) is 0 Å². The summed E-state index contributed by atoms with van der Waals surface area (Å²) in [5.41, 5.74) is 1.19. The van der Waals surface area contributed by atoms with Gasteiger partial charge in [0.25, 0.3) is 0 Å². The monoisotopic (exact) mass is 310 g/mol. The van der Waals surface area contributed by atoms with Gasteiger partial charge in [0.2, 0.25) is 0 Å². The lowest BCUT2D eigenvalue weighted by Gasteiger charge is -2.15. The second-order valence-electron chi connectivity index (χ2n) is 3.75. The van der Waals surface area contributed by atoms with Crippen molar-refractivity contribution >= 4 is 33.3 Å². The molecule has 88 valence electrons. The number of rotatable bonds is 3. The molecule has 0 amide bonds. The van der Waals surface area contributed by atoms with Gasteiger partial charge in [-0.1, -0.05) is 39.7 Å². The number of hydrogen-bond acceptors (Lipinski definition) is 2. The average Bonchev–Trinajstić information content (AvgIpc) is 2.33. The van der Waals surface area contributed by atoms with Gasteiger partial charge in [0.05, 0.1) is 5.02 Å². The summed E-state index contributed by atoms with van der Waals surface area (Å²) in [4.78, 5) is 4.21. The Bertz CT molecular complexity index is 499. The number of benzene rings is 1. The van der Waals surface area contributed by atoms with Crippen molar-refractivity contribution in [3.63, 3.8) is 0 Å². The smallest absolute Gasteiger partial charge is 0.145 e. The minimum absolute atomic E-state index is 0.162. The van der Waals surface area contributed by atoms with E-state index in [9.17, 15) is 0 Å². The van der Waals surface area contributed by atoms with Gasteiger partial charge in [0, 0.05) is 16.7 Å². The van der Waals surface area contributed by atoms with Gasteiger partial charge in [0.15, 0.2) is 0 Å². The van der Waals surface area contributed by atoms with Gasteiger partial charge < -0.3 is 5.32 Å². The zero-order valence-electron chi connectivity index (χ0n) is 9.32. The number of hydrogen-bond donors (Lipinski definition) is 1. The second-order valence-corrected chi connectivity index (χ2v) is 5.07. The molecule has 0 saturated carbocycles. The lowest BCUT2D eigenvalue weighted by atomic mass is 10.1. The van der Waals surface area contributed by atoms with Crippen molar-refractivity contribution in [3.8, 4) is 0 Å². The standard InChI is InChI=1S/C13H12BrClN2/c1-9(10-4-6-11(14)7-5-10)17-13-12(15)3-2-8-16-13/h2-9H,1H3,(H,16,17). The number of anilines is 1. The van der Waals surface area contributed by atoms with E-state index in [0.717, 1.165) is 4.47 Å². The first-order chi connectivity index (χ1) is 8.16. The summed E-state index contributed by atoms with van der Waals surface area (Å²) in [6.07, 6.45) is 1.72. The molecule has 0 fully saturated rings. The van der Waals surface area contributed by atoms with Crippen molar-refractivity contribution in [1.82, 2.24) is 4.98 Å². The molecule has 0 aliphatic heterocycles. The van der Waals surface area contributed by atoms with Crippen LogP contribution in [-0.2, 0) is 0 Å². The fraction of sp³-hybridized carbons (Fsp3) is 0.154. The normalized spacial score (nSPS) is 12.2. The highest BCUT2D eigenvalue weighted by atomic mass is 79.9. The lowest BCUT2D eigenvalue weighted by Crippen LogP contribution is -2.08. The van der Waals surface area contributed by atoms with E-state index < -0.39 is 0 Å². The highest BCUT2D eigenvalue weighted by molar-refractivity contribution is 9.10. The molecule has 1 heterocycles. The minimum atomic E-state index is 0.162. The van der Waals surface area contributed by atoms with E-state index in [1.54, 1.807) is 6.20 Å². The van der Waals surface area contributed by atoms with Crippen molar-refractivity contribution in [2.75, 3.05) is 5.32 Å². The topological polar surface area (TPSA) is 24.9 Å². The number of nitrogens with one attached hydrogen (secondary N) is 1. The molecule has 1 aromatic carbocycles. The van der Waals surface area contributed by atoms with Crippen molar-refractivity contribution in [2.24, 2.45) is 0 Å². The molecule has 0 bridgehead atoms. The summed E-state index contributed by atoms with van der Waals surface area (Å²) in [5.74, 6) is 0.713. The van der Waals surface area contributed by atoms with Crippen LogP contribution in [0, 0.1) is 0 Å². The van der Waals surface area contributed by atoms with Crippen LogP contribution in [0.3, 0.4) is 0 Å². The molecule has 1 aromatic heterocycles. The van der Waals surface area contributed by atoms with Crippen LogP contribution >= 0.6 is 27.5 Å². The van der Waals surface area contributed by atoms with Crippen LogP contribution in [-0.4, -0.2) is 4.98 Å². The van der Waals surface area contributed by atoms with E-state index in [4.69, 9.17) is 11.6 Å². The zero-order chi connectivity index (χ0) is 12.3. The van der Waals surface area contributed by atoms with E-state index in [1.165, 1.54) is 5.56 Å². The molecule has 0 aliphatic rings. The van der Waals surface area contributed by atoms with E-state index in [1.807, 2.05) is 24.3 Å². The molecule has 0 aliphatic carbocycles. The van der Waals surface area contributed by atoms with Gasteiger partial charge in [-0.05, 0) is 36.8 Å². The van der Waals surface area contributed by atoms with E-state index >= 15 is 0 Å². The van der Waals surface area contributed by atoms with Crippen LogP contribution < -0.4 is 5.32 Å². The van der Waals surface area contributed by atoms with Crippen LogP contribution in [0.15, 0.2) is 47.1 Å². The summed E-state index contributed by atoms with van der Waals surface area (Å²) in [6.45, 7) is 2.08. The Balaban J connectivity index is 2.14. The molecule has 0 spiro atoms. The largest absolute Gasteiger partial charge is 0.362 e. The molecule has 2 rings (SSSR count). The molecule has 4 heteroatoms. The van der Waals surface area contributed by atoms with Crippen LogP contribution in [0.4, 0.5) is 5.82 Å². The van der Waals surface area contributed by atoms with Gasteiger partial charge in [-0.3, -0.25) is 0 Å². The summed E-state index contributed by atoms with van der Waals surface area (Å²) in [5, 5.41) is 3.92. The summed E-state index contributed by atoms with van der Waals surface area (Å²) in [7, 11) is 0. The van der Waals surface area contributed by atoms with Gasteiger partial charge in [0.1, 0.15) is 5.82 Å². The average molecular weight is 312 g/mol. The third-order valence-corrected chi connectivity index (χ3v) is 3.32. The Kier molecular flexibility index (Phi) is 4.02. The lowest BCUT2D eigenvalue weighted by molar-refractivity contribution is 0.874. The van der Waals surface area contributed by atoms with E-state index in [2.05, 4.69) is 45.3 Å². The Morgan fingerprint density at radius 1 is 1.24 bits per heavy atom. The van der Waals surface area contributed by atoms with Gasteiger partial charge in [-0.15, -0.1) is 0 Å². The fourth-order valence-electron chi connectivity index (χ4n) is 1.53. The Morgan fingerprint density at radius 2 is 1.94 bits per heavy atom. The first kappa shape index (κ1) is 12.4. The molecule has 2 aromatic rings. The molecular formula is C13H12BrClN2. The maximum absolute atomic E-state index is 6.05. The van der Waals surface area contributed by atoms with Gasteiger partial charge in [-0.25, -0.2) is 4.98 Å². The van der Waals surface area contributed by atoms with E-state index in [-0.39, 0.29) is 6.04 Å². The van der Waals surface area contributed by atoms with Crippen LogP contribution in [0.25, 0.3) is 0 Å². The first-order valence-corrected chi connectivity index (χ1v) is 6.46. The van der Waals surface area contributed by atoms with Gasteiger partial charge in [-0.2, -0.15) is 0 Å². The Labute approximate surface area is 114 Å². The molecule has 1 N–H and O–H groups in total. The molecule has 17 heavy (non-hydrogen) atoms. The maximum atomic E-state index is 6.05. The number of nitrogens with zero attached hydrogens (tertiary/aromatic N) is 1. The van der Waals surface area contributed by atoms with Crippen LogP contribution in [0.1, 0.15) is 18.5 Å². The first-order valence-electron chi connectivity index (χ1n) is 5.29. The Morgan fingerprint density at radius 3 is 2.59 bits per heavy atom.